The van der Waals surface area contributed by atoms with E-state index in [1.807, 2.05) is 5.38 Å². The Bertz CT molecular complexity index is 414. The van der Waals surface area contributed by atoms with Gasteiger partial charge in [0.15, 0.2) is 0 Å². The van der Waals surface area contributed by atoms with Crippen molar-refractivity contribution in [3.8, 4) is 0 Å². The average molecular weight is 340 g/mol. The van der Waals surface area contributed by atoms with Crippen LogP contribution in [0.3, 0.4) is 0 Å². The van der Waals surface area contributed by atoms with Crippen LogP contribution in [0.2, 0.25) is 0 Å². The number of carbonyl (C=O) groups is 1. The van der Waals surface area contributed by atoms with Crippen molar-refractivity contribution < 1.29 is 4.79 Å². The SMILES string of the molecule is CCc1nc(CC(=O)NC2CCNCC2C)cs1.Cl.Cl. The molecule has 2 unspecified atom stereocenters. The highest BCUT2D eigenvalue weighted by Gasteiger charge is 2.22. The zero-order chi connectivity index (χ0) is 13.0. The monoisotopic (exact) mass is 339 g/mol. The third-order valence-electron chi connectivity index (χ3n) is 3.38. The fourth-order valence-electron chi connectivity index (χ4n) is 2.24. The predicted molar refractivity (Wildman–Crippen MR) is 88.3 cm³/mol. The second kappa shape index (κ2) is 9.55. The number of rotatable bonds is 4. The molecule has 1 saturated heterocycles. The number of piperidine rings is 1. The highest BCUT2D eigenvalue weighted by atomic mass is 35.5. The molecule has 1 aromatic rings. The van der Waals surface area contributed by atoms with Gasteiger partial charge in [-0.15, -0.1) is 36.2 Å². The van der Waals surface area contributed by atoms with Crippen LogP contribution in [0.4, 0.5) is 0 Å². The molecule has 1 aliphatic heterocycles. The van der Waals surface area contributed by atoms with Gasteiger partial charge in [-0.1, -0.05) is 13.8 Å². The van der Waals surface area contributed by atoms with Gasteiger partial charge in [-0.2, -0.15) is 0 Å². The maximum absolute atomic E-state index is 12.0. The lowest BCUT2D eigenvalue weighted by Crippen LogP contribution is -2.48. The van der Waals surface area contributed by atoms with Crippen molar-refractivity contribution in [2.24, 2.45) is 5.92 Å². The summed E-state index contributed by atoms with van der Waals surface area (Å²) in [6.07, 6.45) is 2.37. The third-order valence-corrected chi connectivity index (χ3v) is 4.42. The zero-order valence-electron chi connectivity index (χ0n) is 11.8. The normalized spacial score (nSPS) is 21.5. The van der Waals surface area contributed by atoms with Gasteiger partial charge in [0.25, 0.3) is 0 Å². The Balaban J connectivity index is 0.00000180. The summed E-state index contributed by atoms with van der Waals surface area (Å²) in [5.41, 5.74) is 0.899. The van der Waals surface area contributed by atoms with Crippen LogP contribution in [-0.4, -0.2) is 30.0 Å². The van der Waals surface area contributed by atoms with Gasteiger partial charge >= 0.3 is 0 Å². The van der Waals surface area contributed by atoms with E-state index in [2.05, 4.69) is 29.5 Å². The first-order valence-electron chi connectivity index (χ1n) is 6.62. The molecule has 2 rings (SSSR count). The molecule has 0 saturated carbocycles. The van der Waals surface area contributed by atoms with E-state index in [0.29, 0.717) is 18.4 Å². The van der Waals surface area contributed by atoms with Crippen molar-refractivity contribution in [1.29, 1.82) is 0 Å². The molecule has 0 radical (unpaired) electrons. The lowest BCUT2D eigenvalue weighted by atomic mass is 9.95. The summed E-state index contributed by atoms with van der Waals surface area (Å²) in [7, 11) is 0. The number of hydrogen-bond acceptors (Lipinski definition) is 4. The Morgan fingerprint density at radius 3 is 2.90 bits per heavy atom. The molecule has 0 bridgehead atoms. The van der Waals surface area contributed by atoms with Crippen LogP contribution < -0.4 is 10.6 Å². The Morgan fingerprint density at radius 1 is 1.55 bits per heavy atom. The lowest BCUT2D eigenvalue weighted by molar-refractivity contribution is -0.121. The maximum Gasteiger partial charge on any atom is 0.226 e. The van der Waals surface area contributed by atoms with E-state index in [1.54, 1.807) is 11.3 Å². The quantitative estimate of drug-likeness (QED) is 0.884. The molecule has 4 nitrogen and oxygen atoms in total. The van der Waals surface area contributed by atoms with E-state index < -0.39 is 0 Å². The van der Waals surface area contributed by atoms with E-state index in [4.69, 9.17) is 0 Å². The van der Waals surface area contributed by atoms with Crippen molar-refractivity contribution in [3.05, 3.63) is 16.1 Å². The van der Waals surface area contributed by atoms with Crippen LogP contribution >= 0.6 is 36.2 Å². The van der Waals surface area contributed by atoms with Crippen molar-refractivity contribution in [1.82, 2.24) is 15.6 Å². The zero-order valence-corrected chi connectivity index (χ0v) is 14.3. The number of halogens is 2. The van der Waals surface area contributed by atoms with Crippen molar-refractivity contribution in [3.63, 3.8) is 0 Å². The minimum absolute atomic E-state index is 0. The summed E-state index contributed by atoms with van der Waals surface area (Å²) in [6, 6.07) is 0.308. The molecule has 20 heavy (non-hydrogen) atoms. The lowest BCUT2D eigenvalue weighted by Gasteiger charge is -2.30. The molecule has 116 valence electrons. The predicted octanol–water partition coefficient (Wildman–Crippen LogP) is 2.21. The fourth-order valence-corrected chi connectivity index (χ4v) is 2.99. The molecule has 1 amide bonds. The van der Waals surface area contributed by atoms with E-state index in [1.165, 1.54) is 0 Å². The smallest absolute Gasteiger partial charge is 0.226 e. The number of amides is 1. The summed E-state index contributed by atoms with van der Waals surface area (Å²) >= 11 is 1.64. The van der Waals surface area contributed by atoms with Gasteiger partial charge in [-0.05, 0) is 31.8 Å². The van der Waals surface area contributed by atoms with Crippen LogP contribution in [0, 0.1) is 5.92 Å². The van der Waals surface area contributed by atoms with Gasteiger partial charge in [0.1, 0.15) is 0 Å². The molecule has 1 fully saturated rings. The van der Waals surface area contributed by atoms with Gasteiger partial charge in [-0.25, -0.2) is 4.98 Å². The first-order valence-corrected chi connectivity index (χ1v) is 7.50. The van der Waals surface area contributed by atoms with Gasteiger partial charge in [0.05, 0.1) is 17.1 Å². The van der Waals surface area contributed by atoms with Crippen molar-refractivity contribution in [2.75, 3.05) is 13.1 Å². The summed E-state index contributed by atoms with van der Waals surface area (Å²) in [6.45, 7) is 6.24. The summed E-state index contributed by atoms with van der Waals surface area (Å²) in [5.74, 6) is 0.603. The van der Waals surface area contributed by atoms with Gasteiger partial charge in [0.2, 0.25) is 5.91 Å². The van der Waals surface area contributed by atoms with Crippen LogP contribution in [0.1, 0.15) is 31.0 Å². The Morgan fingerprint density at radius 2 is 2.30 bits per heavy atom. The van der Waals surface area contributed by atoms with Crippen molar-refractivity contribution >= 4 is 42.1 Å². The molecule has 7 heteroatoms. The first kappa shape index (κ1) is 19.6. The molecular weight excluding hydrogens is 317 g/mol. The summed E-state index contributed by atoms with van der Waals surface area (Å²) in [5, 5.41) is 9.56. The number of aryl methyl sites for hydroxylation is 1. The number of nitrogens with zero attached hydrogens (tertiary/aromatic N) is 1. The van der Waals surface area contributed by atoms with Gasteiger partial charge in [0, 0.05) is 11.4 Å². The molecule has 1 aromatic heterocycles. The Hall–Kier alpha value is -0.360. The van der Waals surface area contributed by atoms with E-state index in [-0.39, 0.29) is 30.7 Å². The largest absolute Gasteiger partial charge is 0.353 e. The maximum atomic E-state index is 12.0. The van der Waals surface area contributed by atoms with Crippen LogP contribution in [-0.2, 0) is 17.6 Å². The van der Waals surface area contributed by atoms with Gasteiger partial charge < -0.3 is 10.6 Å². The molecule has 0 aliphatic carbocycles. The molecule has 1 aliphatic rings. The minimum atomic E-state index is 0. The number of aromatic nitrogens is 1. The van der Waals surface area contributed by atoms with Crippen molar-refractivity contribution in [2.45, 2.75) is 39.2 Å². The van der Waals surface area contributed by atoms with Crippen LogP contribution in [0.15, 0.2) is 5.38 Å². The Labute approximate surface area is 137 Å². The highest BCUT2D eigenvalue weighted by Crippen LogP contribution is 2.13. The topological polar surface area (TPSA) is 54.0 Å². The molecular formula is C13H23Cl2N3OS. The molecule has 2 heterocycles. The van der Waals surface area contributed by atoms with Gasteiger partial charge in [-0.3, -0.25) is 4.79 Å². The molecule has 2 N–H and O–H groups in total. The molecule has 0 aromatic carbocycles. The fraction of sp³-hybridized carbons (Fsp3) is 0.692. The number of nitrogens with one attached hydrogen (secondary N) is 2. The standard InChI is InChI=1S/C13H21N3OS.2ClH/c1-3-13-15-10(8-18-13)6-12(17)16-11-4-5-14-7-9(11)2;;/h8-9,11,14H,3-7H2,1-2H3,(H,16,17);2*1H. The summed E-state index contributed by atoms with van der Waals surface area (Å²) in [4.78, 5) is 16.4. The second-order valence-corrected chi connectivity index (χ2v) is 5.85. The first-order chi connectivity index (χ1) is 8.69. The molecule has 0 spiro atoms. The van der Waals surface area contributed by atoms with Crippen LogP contribution in [0.5, 0.6) is 0 Å². The highest BCUT2D eigenvalue weighted by molar-refractivity contribution is 7.09. The third kappa shape index (κ3) is 5.56. The number of hydrogen-bond donors (Lipinski definition) is 2. The minimum Gasteiger partial charge on any atom is -0.353 e. The number of thiazole rings is 1. The van der Waals surface area contributed by atoms with Crippen LogP contribution in [0.25, 0.3) is 0 Å². The average Bonchev–Trinajstić information content (AvgIpc) is 2.80. The Kier molecular flexibility index (Phi) is 9.38. The van der Waals surface area contributed by atoms with E-state index >= 15 is 0 Å². The van der Waals surface area contributed by atoms with E-state index in [0.717, 1.165) is 36.6 Å². The second-order valence-electron chi connectivity index (χ2n) is 4.91. The number of carbonyl (C=O) groups excluding carboxylic acids is 1. The summed E-state index contributed by atoms with van der Waals surface area (Å²) < 4.78 is 0. The molecule has 2 atom stereocenters. The van der Waals surface area contributed by atoms with E-state index in [9.17, 15) is 4.79 Å².